The largest absolute Gasteiger partial charge is 0.367 e. The smallest absolute Gasteiger partial charge is 0.251 e. The molecule has 1 heterocycles. The predicted octanol–water partition coefficient (Wildman–Crippen LogP) is 2.45. The fraction of sp³-hybridized carbons (Fsp3) is 0.273. The number of hydrogen-bond acceptors (Lipinski definition) is 4. The molecule has 2 amide bonds. The topological polar surface area (TPSA) is 64.7 Å². The Hall–Kier alpha value is -3.12. The summed E-state index contributed by atoms with van der Waals surface area (Å²) in [5.41, 5.74) is 3.31. The molecule has 0 aromatic heterocycles. The van der Waals surface area contributed by atoms with E-state index in [0.29, 0.717) is 5.56 Å². The van der Waals surface area contributed by atoms with Crippen molar-refractivity contribution in [3.8, 4) is 0 Å². The Morgan fingerprint density at radius 1 is 0.964 bits per heavy atom. The van der Waals surface area contributed by atoms with E-state index in [2.05, 4.69) is 27.5 Å². The van der Waals surface area contributed by atoms with Crippen molar-refractivity contribution in [2.24, 2.45) is 0 Å². The second kappa shape index (κ2) is 9.19. The minimum Gasteiger partial charge on any atom is -0.367 e. The predicted molar refractivity (Wildman–Crippen MR) is 114 cm³/mol. The maximum absolute atomic E-state index is 12.4. The Bertz CT molecular complexity index is 853. The number of rotatable bonds is 5. The number of para-hydroxylation sites is 2. The number of nitrogens with one attached hydrogen (secondary N) is 2. The van der Waals surface area contributed by atoms with Gasteiger partial charge in [-0.25, -0.2) is 0 Å². The van der Waals surface area contributed by atoms with Crippen molar-refractivity contribution in [1.29, 1.82) is 0 Å². The van der Waals surface area contributed by atoms with Crippen LogP contribution in [0.25, 0.3) is 6.08 Å². The number of carbonyl (C=O) groups excluding carboxylic acids is 2. The van der Waals surface area contributed by atoms with E-state index in [1.165, 1.54) is 6.08 Å². The Labute approximate surface area is 165 Å². The van der Waals surface area contributed by atoms with Crippen LogP contribution < -0.4 is 15.5 Å². The molecule has 28 heavy (non-hydrogen) atoms. The first kappa shape index (κ1) is 19.6. The Morgan fingerprint density at radius 3 is 2.32 bits per heavy atom. The van der Waals surface area contributed by atoms with Gasteiger partial charge in [-0.1, -0.05) is 24.3 Å². The van der Waals surface area contributed by atoms with Gasteiger partial charge in [-0.3, -0.25) is 9.59 Å². The van der Waals surface area contributed by atoms with Crippen molar-refractivity contribution in [3.05, 3.63) is 65.7 Å². The standard InChI is InChI=1S/C22H26N4O2/c1-23-22(28)18-10-7-17(8-11-18)9-12-21(27)24-19-5-3-4-6-20(19)26-15-13-25(2)14-16-26/h3-12H,13-16H2,1-2H3,(H,23,28)(H,24,27)/b12-9+. The van der Waals surface area contributed by atoms with Crippen molar-refractivity contribution < 1.29 is 9.59 Å². The zero-order valence-corrected chi connectivity index (χ0v) is 16.3. The van der Waals surface area contributed by atoms with Gasteiger partial charge in [-0.15, -0.1) is 0 Å². The second-order valence-corrected chi connectivity index (χ2v) is 6.83. The van der Waals surface area contributed by atoms with Gasteiger partial charge in [0.2, 0.25) is 5.91 Å². The molecule has 1 fully saturated rings. The maximum Gasteiger partial charge on any atom is 0.251 e. The van der Waals surface area contributed by atoms with Crippen molar-refractivity contribution in [3.63, 3.8) is 0 Å². The molecule has 0 saturated carbocycles. The molecule has 0 aliphatic carbocycles. The molecule has 1 aliphatic rings. The highest BCUT2D eigenvalue weighted by atomic mass is 16.2. The summed E-state index contributed by atoms with van der Waals surface area (Å²) in [4.78, 5) is 28.6. The van der Waals surface area contributed by atoms with Crippen LogP contribution in [-0.2, 0) is 4.79 Å². The third kappa shape index (κ3) is 4.98. The molecule has 1 aliphatic heterocycles. The van der Waals surface area contributed by atoms with Crippen LogP contribution in [0.4, 0.5) is 11.4 Å². The zero-order chi connectivity index (χ0) is 19.9. The summed E-state index contributed by atoms with van der Waals surface area (Å²) in [5.74, 6) is -0.314. The number of benzene rings is 2. The molecular formula is C22H26N4O2. The molecule has 2 aromatic carbocycles. The fourth-order valence-corrected chi connectivity index (χ4v) is 3.14. The Kier molecular flexibility index (Phi) is 6.45. The van der Waals surface area contributed by atoms with E-state index in [9.17, 15) is 9.59 Å². The first-order valence-electron chi connectivity index (χ1n) is 9.40. The molecule has 6 heteroatoms. The number of carbonyl (C=O) groups is 2. The average molecular weight is 378 g/mol. The van der Waals surface area contributed by atoms with Crippen LogP contribution in [0.15, 0.2) is 54.6 Å². The third-order valence-electron chi connectivity index (χ3n) is 4.83. The number of piperazine rings is 1. The van der Waals surface area contributed by atoms with Gasteiger partial charge in [0.05, 0.1) is 11.4 Å². The fourth-order valence-electron chi connectivity index (χ4n) is 3.14. The molecule has 3 rings (SSSR count). The van der Waals surface area contributed by atoms with Crippen LogP contribution in [0.2, 0.25) is 0 Å². The highest BCUT2D eigenvalue weighted by Crippen LogP contribution is 2.26. The van der Waals surface area contributed by atoms with Gasteiger partial charge >= 0.3 is 0 Å². The number of likely N-dealkylation sites (N-methyl/N-ethyl adjacent to an activating group) is 1. The summed E-state index contributed by atoms with van der Waals surface area (Å²) in [6.45, 7) is 3.90. The van der Waals surface area contributed by atoms with Crippen LogP contribution in [0, 0.1) is 0 Å². The highest BCUT2D eigenvalue weighted by Gasteiger charge is 2.17. The Balaban J connectivity index is 1.65. The lowest BCUT2D eigenvalue weighted by Crippen LogP contribution is -2.44. The molecule has 6 nitrogen and oxygen atoms in total. The molecule has 2 N–H and O–H groups in total. The van der Waals surface area contributed by atoms with E-state index in [1.807, 2.05) is 36.4 Å². The van der Waals surface area contributed by atoms with Crippen molar-refractivity contribution >= 4 is 29.3 Å². The normalized spacial score (nSPS) is 14.9. The number of hydrogen-bond donors (Lipinski definition) is 2. The van der Waals surface area contributed by atoms with Crippen LogP contribution in [0.1, 0.15) is 15.9 Å². The molecule has 0 radical (unpaired) electrons. The monoisotopic (exact) mass is 378 g/mol. The van der Waals surface area contributed by atoms with Gasteiger partial charge in [0.1, 0.15) is 0 Å². The molecule has 1 saturated heterocycles. The van der Waals surface area contributed by atoms with Gasteiger partial charge in [0.15, 0.2) is 0 Å². The van der Waals surface area contributed by atoms with Gasteiger partial charge in [0, 0.05) is 44.9 Å². The molecule has 2 aromatic rings. The number of anilines is 2. The van der Waals surface area contributed by atoms with Gasteiger partial charge < -0.3 is 20.4 Å². The van der Waals surface area contributed by atoms with Crippen LogP contribution in [0.5, 0.6) is 0 Å². The van der Waals surface area contributed by atoms with E-state index in [4.69, 9.17) is 0 Å². The summed E-state index contributed by atoms with van der Waals surface area (Å²) in [7, 11) is 3.72. The summed E-state index contributed by atoms with van der Waals surface area (Å²) in [6, 6.07) is 15.0. The van der Waals surface area contributed by atoms with Crippen molar-refractivity contribution in [2.75, 3.05) is 50.5 Å². The summed E-state index contributed by atoms with van der Waals surface area (Å²) in [5, 5.41) is 5.57. The zero-order valence-electron chi connectivity index (χ0n) is 16.3. The van der Waals surface area contributed by atoms with Gasteiger partial charge in [-0.05, 0) is 43.0 Å². The quantitative estimate of drug-likeness (QED) is 0.785. The molecule has 0 bridgehead atoms. The maximum atomic E-state index is 12.4. The van der Waals surface area contributed by atoms with E-state index in [1.54, 1.807) is 25.3 Å². The molecular weight excluding hydrogens is 352 g/mol. The lowest BCUT2D eigenvalue weighted by Gasteiger charge is -2.35. The SMILES string of the molecule is CNC(=O)c1ccc(/C=C/C(=O)Nc2ccccc2N2CCN(C)CC2)cc1. The van der Waals surface area contributed by atoms with Crippen LogP contribution in [-0.4, -0.2) is 57.0 Å². The van der Waals surface area contributed by atoms with Crippen LogP contribution >= 0.6 is 0 Å². The minimum atomic E-state index is -0.183. The van der Waals surface area contributed by atoms with Crippen LogP contribution in [0.3, 0.4) is 0 Å². The molecule has 0 atom stereocenters. The second-order valence-electron chi connectivity index (χ2n) is 6.83. The molecule has 0 unspecified atom stereocenters. The van der Waals surface area contributed by atoms with E-state index in [0.717, 1.165) is 43.1 Å². The lowest BCUT2D eigenvalue weighted by atomic mass is 10.1. The molecule has 0 spiro atoms. The van der Waals surface area contributed by atoms with Gasteiger partial charge in [0.25, 0.3) is 5.91 Å². The van der Waals surface area contributed by atoms with E-state index >= 15 is 0 Å². The van der Waals surface area contributed by atoms with Crippen molar-refractivity contribution in [2.45, 2.75) is 0 Å². The average Bonchev–Trinajstić information content (AvgIpc) is 2.73. The lowest BCUT2D eigenvalue weighted by molar-refractivity contribution is -0.111. The molecule has 146 valence electrons. The third-order valence-corrected chi connectivity index (χ3v) is 4.83. The van der Waals surface area contributed by atoms with Crippen molar-refractivity contribution in [1.82, 2.24) is 10.2 Å². The highest BCUT2D eigenvalue weighted by molar-refractivity contribution is 6.04. The van der Waals surface area contributed by atoms with E-state index < -0.39 is 0 Å². The summed E-state index contributed by atoms with van der Waals surface area (Å²) >= 11 is 0. The number of nitrogens with zero attached hydrogens (tertiary/aromatic N) is 2. The summed E-state index contributed by atoms with van der Waals surface area (Å²) in [6.07, 6.45) is 3.25. The van der Waals surface area contributed by atoms with E-state index in [-0.39, 0.29) is 11.8 Å². The van der Waals surface area contributed by atoms with Gasteiger partial charge in [-0.2, -0.15) is 0 Å². The Morgan fingerprint density at radius 2 is 1.64 bits per heavy atom. The summed E-state index contributed by atoms with van der Waals surface area (Å²) < 4.78 is 0. The number of amides is 2. The first-order chi connectivity index (χ1) is 13.6. The minimum absolute atomic E-state index is 0.131. The first-order valence-corrected chi connectivity index (χ1v) is 9.40.